The Morgan fingerprint density at radius 3 is 2.73 bits per heavy atom. The van der Waals surface area contributed by atoms with E-state index in [1.54, 1.807) is 6.07 Å². The predicted molar refractivity (Wildman–Crippen MR) is 58.3 cm³/mol. The molecule has 1 aromatic rings. The van der Waals surface area contributed by atoms with Gasteiger partial charge in [-0.05, 0) is 18.4 Å². The molecule has 86 valence electrons. The van der Waals surface area contributed by atoms with Gasteiger partial charge in [0.2, 0.25) is 0 Å². The van der Waals surface area contributed by atoms with Crippen molar-refractivity contribution in [2.24, 2.45) is 5.92 Å². The van der Waals surface area contributed by atoms with Crippen molar-refractivity contribution < 1.29 is 10.2 Å². The molecule has 1 aromatic heterocycles. The molecule has 0 saturated carbocycles. The first-order valence-electron chi connectivity index (χ1n) is 5.45. The maximum absolute atomic E-state index is 9.58. The van der Waals surface area contributed by atoms with Crippen molar-refractivity contribution in [3.63, 3.8) is 0 Å². The van der Waals surface area contributed by atoms with Gasteiger partial charge in [0.25, 0.3) is 0 Å². The van der Waals surface area contributed by atoms with Gasteiger partial charge in [-0.1, -0.05) is 13.8 Å². The zero-order chi connectivity index (χ0) is 11.3. The fourth-order valence-corrected chi connectivity index (χ4v) is 1.34. The van der Waals surface area contributed by atoms with Crippen molar-refractivity contribution in [2.75, 3.05) is 6.61 Å². The van der Waals surface area contributed by atoms with Crippen molar-refractivity contribution >= 4 is 0 Å². The Morgan fingerprint density at radius 2 is 2.13 bits per heavy atom. The summed E-state index contributed by atoms with van der Waals surface area (Å²) in [7, 11) is 0. The van der Waals surface area contributed by atoms with Crippen LogP contribution in [0.4, 0.5) is 0 Å². The Labute approximate surface area is 90.5 Å². The molecule has 0 saturated heterocycles. The van der Waals surface area contributed by atoms with Gasteiger partial charge in [0.05, 0.1) is 11.8 Å². The number of nitrogens with zero attached hydrogens (tertiary/aromatic N) is 2. The highest BCUT2D eigenvalue weighted by molar-refractivity contribution is 5.02. The Morgan fingerprint density at radius 1 is 1.40 bits per heavy atom. The van der Waals surface area contributed by atoms with Gasteiger partial charge < -0.3 is 10.2 Å². The van der Waals surface area contributed by atoms with E-state index in [2.05, 4.69) is 18.9 Å². The molecule has 0 aliphatic heterocycles. The van der Waals surface area contributed by atoms with Gasteiger partial charge >= 0.3 is 0 Å². The summed E-state index contributed by atoms with van der Waals surface area (Å²) < 4.78 is 1.84. The zero-order valence-corrected chi connectivity index (χ0v) is 9.43. The van der Waals surface area contributed by atoms with Gasteiger partial charge in [-0.3, -0.25) is 4.68 Å². The van der Waals surface area contributed by atoms with Crippen molar-refractivity contribution in [3.8, 4) is 0 Å². The zero-order valence-electron chi connectivity index (χ0n) is 9.43. The maximum atomic E-state index is 9.58. The van der Waals surface area contributed by atoms with Crippen molar-refractivity contribution in [1.82, 2.24) is 9.78 Å². The van der Waals surface area contributed by atoms with Crippen LogP contribution in [-0.4, -0.2) is 26.6 Å². The average molecular weight is 212 g/mol. The van der Waals surface area contributed by atoms with Crippen molar-refractivity contribution in [3.05, 3.63) is 18.0 Å². The number of rotatable bonds is 6. The van der Waals surface area contributed by atoms with E-state index in [4.69, 9.17) is 5.11 Å². The number of hydrogen-bond donors (Lipinski definition) is 2. The lowest BCUT2D eigenvalue weighted by Gasteiger charge is -2.06. The molecular formula is C11H20N2O2. The maximum Gasteiger partial charge on any atom is 0.1000 e. The summed E-state index contributed by atoms with van der Waals surface area (Å²) in [6.07, 6.45) is 2.66. The summed E-state index contributed by atoms with van der Waals surface area (Å²) in [6, 6.07) is 1.81. The van der Waals surface area contributed by atoms with E-state index < -0.39 is 6.10 Å². The lowest BCUT2D eigenvalue weighted by Crippen LogP contribution is -2.05. The van der Waals surface area contributed by atoms with Gasteiger partial charge in [0, 0.05) is 25.8 Å². The third-order valence-electron chi connectivity index (χ3n) is 2.34. The second kappa shape index (κ2) is 5.88. The molecular weight excluding hydrogens is 192 g/mol. The van der Waals surface area contributed by atoms with Gasteiger partial charge in [0.1, 0.15) is 0 Å². The third kappa shape index (κ3) is 4.01. The highest BCUT2D eigenvalue weighted by atomic mass is 16.3. The molecule has 0 fully saturated rings. The van der Waals surface area contributed by atoms with Gasteiger partial charge in [0.15, 0.2) is 0 Å². The predicted octanol–water partition coefficient (Wildman–Crippen LogP) is 1.34. The second-order valence-electron chi connectivity index (χ2n) is 4.21. The highest BCUT2D eigenvalue weighted by Gasteiger charge is 2.09. The standard InChI is InChI=1S/C11H20N2O2/c1-9(2)3-6-13-7-4-10(12-13)11(15)5-8-14/h4,7,9,11,14-15H,3,5-6,8H2,1-2H3. The van der Waals surface area contributed by atoms with Gasteiger partial charge in [-0.25, -0.2) is 0 Å². The van der Waals surface area contributed by atoms with E-state index in [9.17, 15) is 5.11 Å². The average Bonchev–Trinajstić information content (AvgIpc) is 2.63. The van der Waals surface area contributed by atoms with E-state index >= 15 is 0 Å². The molecule has 0 aliphatic carbocycles. The number of aryl methyl sites for hydroxylation is 1. The van der Waals surface area contributed by atoms with Crippen LogP contribution in [0.2, 0.25) is 0 Å². The molecule has 0 aliphatic rings. The second-order valence-corrected chi connectivity index (χ2v) is 4.21. The van der Waals surface area contributed by atoms with E-state index in [-0.39, 0.29) is 6.61 Å². The normalized spacial score (nSPS) is 13.4. The summed E-state index contributed by atoms with van der Waals surface area (Å²) in [5, 5.41) is 22.5. The number of aliphatic hydroxyl groups excluding tert-OH is 2. The minimum Gasteiger partial charge on any atom is -0.396 e. The van der Waals surface area contributed by atoms with E-state index in [1.165, 1.54) is 0 Å². The Kier molecular flexibility index (Phi) is 4.78. The van der Waals surface area contributed by atoms with Crippen LogP contribution >= 0.6 is 0 Å². The molecule has 15 heavy (non-hydrogen) atoms. The molecule has 0 radical (unpaired) electrons. The number of hydrogen-bond acceptors (Lipinski definition) is 3. The van der Waals surface area contributed by atoms with Crippen LogP contribution in [-0.2, 0) is 6.54 Å². The Hall–Kier alpha value is -0.870. The number of aliphatic hydroxyl groups is 2. The summed E-state index contributed by atoms with van der Waals surface area (Å²) in [4.78, 5) is 0. The molecule has 2 N–H and O–H groups in total. The Balaban J connectivity index is 2.48. The van der Waals surface area contributed by atoms with E-state index in [0.717, 1.165) is 13.0 Å². The van der Waals surface area contributed by atoms with Crippen LogP contribution in [0.15, 0.2) is 12.3 Å². The molecule has 0 aromatic carbocycles. The molecule has 1 rings (SSSR count). The summed E-state index contributed by atoms with van der Waals surface area (Å²) in [6.45, 7) is 5.21. The minimum atomic E-state index is -0.643. The van der Waals surface area contributed by atoms with Crippen LogP contribution in [0.3, 0.4) is 0 Å². The number of aromatic nitrogens is 2. The van der Waals surface area contributed by atoms with Crippen LogP contribution in [0.5, 0.6) is 0 Å². The molecule has 0 bridgehead atoms. The first-order chi connectivity index (χ1) is 7.13. The molecule has 1 atom stereocenters. The first-order valence-corrected chi connectivity index (χ1v) is 5.45. The molecule has 4 heteroatoms. The molecule has 1 heterocycles. The van der Waals surface area contributed by atoms with E-state index in [0.29, 0.717) is 18.0 Å². The quantitative estimate of drug-likeness (QED) is 0.748. The fourth-order valence-electron chi connectivity index (χ4n) is 1.34. The van der Waals surface area contributed by atoms with Crippen LogP contribution in [0, 0.1) is 5.92 Å². The summed E-state index contributed by atoms with van der Waals surface area (Å²) in [5.74, 6) is 0.653. The smallest absolute Gasteiger partial charge is 0.1000 e. The lowest BCUT2D eigenvalue weighted by atomic mass is 10.1. The summed E-state index contributed by atoms with van der Waals surface area (Å²) in [5.41, 5.74) is 0.646. The third-order valence-corrected chi connectivity index (χ3v) is 2.34. The molecule has 4 nitrogen and oxygen atoms in total. The van der Waals surface area contributed by atoms with Gasteiger partial charge in [-0.15, -0.1) is 0 Å². The van der Waals surface area contributed by atoms with Crippen LogP contribution in [0.1, 0.15) is 38.5 Å². The lowest BCUT2D eigenvalue weighted by molar-refractivity contribution is 0.130. The highest BCUT2D eigenvalue weighted by Crippen LogP contribution is 2.13. The van der Waals surface area contributed by atoms with Gasteiger partial charge in [-0.2, -0.15) is 5.10 Å². The topological polar surface area (TPSA) is 58.3 Å². The largest absolute Gasteiger partial charge is 0.396 e. The molecule has 0 spiro atoms. The van der Waals surface area contributed by atoms with Crippen molar-refractivity contribution in [2.45, 2.75) is 39.3 Å². The molecule has 0 amide bonds. The minimum absolute atomic E-state index is 0.0139. The first kappa shape index (κ1) is 12.2. The SMILES string of the molecule is CC(C)CCn1ccc(C(O)CCO)n1. The Bertz CT molecular complexity index is 284. The van der Waals surface area contributed by atoms with Crippen molar-refractivity contribution in [1.29, 1.82) is 0 Å². The van der Waals surface area contributed by atoms with E-state index in [1.807, 2.05) is 10.9 Å². The molecule has 1 unspecified atom stereocenters. The summed E-state index contributed by atoms with van der Waals surface area (Å²) >= 11 is 0. The monoisotopic (exact) mass is 212 g/mol. The van der Waals surface area contributed by atoms with Crippen LogP contribution < -0.4 is 0 Å². The fraction of sp³-hybridized carbons (Fsp3) is 0.727. The van der Waals surface area contributed by atoms with Crippen LogP contribution in [0.25, 0.3) is 0 Å².